The predicted octanol–water partition coefficient (Wildman–Crippen LogP) is 4.35. The molecule has 3 aliphatic heterocycles. The van der Waals surface area contributed by atoms with Crippen LogP contribution in [0.2, 0.25) is 0 Å². The first-order valence-corrected chi connectivity index (χ1v) is 13.9. The average molecular weight is 525 g/mol. The summed E-state index contributed by atoms with van der Waals surface area (Å²) in [5.41, 5.74) is 0.336. The van der Waals surface area contributed by atoms with E-state index in [0.717, 1.165) is 29.4 Å². The van der Waals surface area contributed by atoms with Crippen LogP contribution in [-0.4, -0.2) is 86.0 Å². The molecule has 2 saturated heterocycles. The molecule has 0 aliphatic carbocycles. The summed E-state index contributed by atoms with van der Waals surface area (Å²) < 4.78 is 31.9. The van der Waals surface area contributed by atoms with Crippen molar-refractivity contribution in [1.82, 2.24) is 24.3 Å². The fourth-order valence-electron chi connectivity index (χ4n) is 5.67. The SMILES string of the molecule is O=C(N1CCC(n2c(-c3ccccn3)nc3cc(F)ccc32)CC1)C1(F)CCN(CC2=NCCS2)CC1. The molecule has 194 valence electrons. The number of likely N-dealkylation sites (tertiary alicyclic amines) is 2. The number of benzene rings is 1. The highest BCUT2D eigenvalue weighted by atomic mass is 32.2. The number of piperidine rings is 2. The molecule has 7 nitrogen and oxygen atoms in total. The number of imidazole rings is 1. The zero-order chi connectivity index (χ0) is 25.4. The lowest BCUT2D eigenvalue weighted by molar-refractivity contribution is -0.148. The molecule has 2 aromatic heterocycles. The van der Waals surface area contributed by atoms with E-state index in [1.54, 1.807) is 28.9 Å². The van der Waals surface area contributed by atoms with Crippen LogP contribution in [-0.2, 0) is 4.79 Å². The van der Waals surface area contributed by atoms with Crippen LogP contribution in [0.5, 0.6) is 0 Å². The first-order valence-electron chi connectivity index (χ1n) is 13.0. The Balaban J connectivity index is 1.15. The summed E-state index contributed by atoms with van der Waals surface area (Å²) in [4.78, 5) is 30.9. The minimum atomic E-state index is -1.80. The van der Waals surface area contributed by atoms with Gasteiger partial charge in [0, 0.05) is 76.2 Å². The molecule has 0 saturated carbocycles. The number of aliphatic imine (C=N–C) groups is 1. The molecule has 0 unspecified atom stereocenters. The van der Waals surface area contributed by atoms with Crippen LogP contribution >= 0.6 is 11.8 Å². The van der Waals surface area contributed by atoms with Gasteiger partial charge in [-0.15, -0.1) is 11.8 Å². The second kappa shape index (κ2) is 10.1. The maximum absolute atomic E-state index is 15.8. The topological polar surface area (TPSA) is 66.6 Å². The third-order valence-corrected chi connectivity index (χ3v) is 8.68. The van der Waals surface area contributed by atoms with Gasteiger partial charge in [-0.3, -0.25) is 19.7 Å². The molecule has 5 heterocycles. The van der Waals surface area contributed by atoms with Crippen molar-refractivity contribution in [2.24, 2.45) is 4.99 Å². The Morgan fingerprint density at radius 2 is 1.92 bits per heavy atom. The summed E-state index contributed by atoms with van der Waals surface area (Å²) in [5.74, 6) is 1.00. The van der Waals surface area contributed by atoms with Gasteiger partial charge in [-0.2, -0.15) is 0 Å². The molecular formula is C27H30F2N6OS. The number of amides is 1. The van der Waals surface area contributed by atoms with E-state index in [9.17, 15) is 9.18 Å². The van der Waals surface area contributed by atoms with E-state index in [0.29, 0.717) is 56.1 Å². The Kier molecular flexibility index (Phi) is 6.71. The van der Waals surface area contributed by atoms with E-state index in [1.807, 2.05) is 18.2 Å². The lowest BCUT2D eigenvalue weighted by atomic mass is 9.90. The monoisotopic (exact) mass is 524 g/mol. The number of fused-ring (bicyclic) bond motifs is 1. The van der Waals surface area contributed by atoms with Crippen molar-refractivity contribution in [1.29, 1.82) is 0 Å². The van der Waals surface area contributed by atoms with Gasteiger partial charge in [0.2, 0.25) is 0 Å². The van der Waals surface area contributed by atoms with Gasteiger partial charge in [0.25, 0.3) is 5.91 Å². The quantitative estimate of drug-likeness (QED) is 0.497. The number of hydrogen-bond acceptors (Lipinski definition) is 6. The summed E-state index contributed by atoms with van der Waals surface area (Å²) >= 11 is 1.78. The highest BCUT2D eigenvalue weighted by Crippen LogP contribution is 2.35. The minimum absolute atomic E-state index is 0.0543. The van der Waals surface area contributed by atoms with Crippen LogP contribution in [0.15, 0.2) is 47.6 Å². The Morgan fingerprint density at radius 1 is 1.11 bits per heavy atom. The second-order valence-electron chi connectivity index (χ2n) is 10.0. The van der Waals surface area contributed by atoms with Gasteiger partial charge in [0.1, 0.15) is 11.5 Å². The fourth-order valence-corrected chi connectivity index (χ4v) is 6.55. The largest absolute Gasteiger partial charge is 0.340 e. The molecule has 0 N–H and O–H groups in total. The van der Waals surface area contributed by atoms with Crippen molar-refractivity contribution in [3.8, 4) is 11.5 Å². The highest BCUT2D eigenvalue weighted by molar-refractivity contribution is 8.14. The van der Waals surface area contributed by atoms with Gasteiger partial charge >= 0.3 is 0 Å². The summed E-state index contributed by atoms with van der Waals surface area (Å²) in [5, 5.41) is 1.12. The lowest BCUT2D eigenvalue weighted by Gasteiger charge is -2.40. The molecule has 2 fully saturated rings. The number of alkyl halides is 1. The maximum atomic E-state index is 15.8. The van der Waals surface area contributed by atoms with Crippen molar-refractivity contribution in [2.75, 3.05) is 45.0 Å². The normalized spacial score (nSPS) is 20.9. The third kappa shape index (κ3) is 4.88. The van der Waals surface area contributed by atoms with E-state index < -0.39 is 5.67 Å². The fraction of sp³-hybridized carbons (Fsp3) is 0.481. The summed E-state index contributed by atoms with van der Waals surface area (Å²) in [6.45, 7) is 3.74. The number of halogens is 2. The Morgan fingerprint density at radius 3 is 2.62 bits per heavy atom. The molecule has 1 aromatic carbocycles. The standard InChI is InChI=1S/C27H30F2N6OS/c28-19-4-5-23-22(17-19)32-25(21-3-1-2-10-30-21)35(23)20-6-12-34(13-7-20)26(36)27(29)8-14-33(15-9-27)18-24-31-11-16-37-24/h1-5,10,17,20H,6-9,11-16,18H2. The molecule has 0 spiro atoms. The van der Waals surface area contributed by atoms with E-state index in [4.69, 9.17) is 4.98 Å². The smallest absolute Gasteiger partial charge is 0.260 e. The van der Waals surface area contributed by atoms with Gasteiger partial charge in [-0.25, -0.2) is 13.8 Å². The number of thioether (sulfide) groups is 1. The third-order valence-electron chi connectivity index (χ3n) is 7.70. The van der Waals surface area contributed by atoms with Gasteiger partial charge < -0.3 is 9.47 Å². The molecule has 3 aliphatic rings. The number of carbonyl (C=O) groups is 1. The van der Waals surface area contributed by atoms with E-state index >= 15 is 4.39 Å². The highest BCUT2D eigenvalue weighted by Gasteiger charge is 2.45. The van der Waals surface area contributed by atoms with Crippen molar-refractivity contribution in [2.45, 2.75) is 37.4 Å². The Hall–Kier alpha value is -2.85. The number of hydrogen-bond donors (Lipinski definition) is 0. The first kappa shape index (κ1) is 24.5. The van der Waals surface area contributed by atoms with Gasteiger partial charge in [0.15, 0.2) is 11.5 Å². The Labute approximate surface area is 219 Å². The number of carbonyl (C=O) groups excluding carboxylic acids is 1. The predicted molar refractivity (Wildman–Crippen MR) is 142 cm³/mol. The average Bonchev–Trinajstić information content (AvgIpc) is 3.58. The second-order valence-corrected chi connectivity index (χ2v) is 11.2. The summed E-state index contributed by atoms with van der Waals surface area (Å²) in [7, 11) is 0. The van der Waals surface area contributed by atoms with Crippen molar-refractivity contribution in [3.05, 3.63) is 48.4 Å². The molecule has 1 amide bonds. The van der Waals surface area contributed by atoms with E-state index in [2.05, 4.69) is 19.4 Å². The van der Waals surface area contributed by atoms with E-state index in [1.165, 1.54) is 12.1 Å². The van der Waals surface area contributed by atoms with Gasteiger partial charge in [-0.1, -0.05) is 6.07 Å². The number of aromatic nitrogens is 3. The summed E-state index contributed by atoms with van der Waals surface area (Å²) in [6, 6.07) is 10.3. The molecule has 0 bridgehead atoms. The van der Waals surface area contributed by atoms with Crippen LogP contribution in [0.4, 0.5) is 8.78 Å². The lowest BCUT2D eigenvalue weighted by Crippen LogP contribution is -2.54. The van der Waals surface area contributed by atoms with E-state index in [-0.39, 0.29) is 30.6 Å². The van der Waals surface area contributed by atoms with Crippen LogP contribution in [0.3, 0.4) is 0 Å². The number of nitrogens with zero attached hydrogens (tertiary/aromatic N) is 6. The first-order chi connectivity index (χ1) is 18.0. The Bertz CT molecular complexity index is 1310. The van der Waals surface area contributed by atoms with Crippen molar-refractivity contribution in [3.63, 3.8) is 0 Å². The maximum Gasteiger partial charge on any atom is 0.260 e. The number of rotatable bonds is 5. The van der Waals surface area contributed by atoms with Crippen LogP contribution < -0.4 is 0 Å². The molecule has 0 radical (unpaired) electrons. The van der Waals surface area contributed by atoms with Crippen LogP contribution in [0, 0.1) is 5.82 Å². The zero-order valence-electron chi connectivity index (χ0n) is 20.7. The van der Waals surface area contributed by atoms with Crippen LogP contribution in [0.1, 0.15) is 31.7 Å². The molecule has 10 heteroatoms. The molecular weight excluding hydrogens is 494 g/mol. The van der Waals surface area contributed by atoms with Gasteiger partial charge in [-0.05, 0) is 37.1 Å². The van der Waals surface area contributed by atoms with Crippen molar-refractivity contribution < 1.29 is 13.6 Å². The van der Waals surface area contributed by atoms with Gasteiger partial charge in [0.05, 0.1) is 16.1 Å². The molecule has 0 atom stereocenters. The molecule has 6 rings (SSSR count). The molecule has 37 heavy (non-hydrogen) atoms. The minimum Gasteiger partial charge on any atom is -0.340 e. The molecule has 3 aromatic rings. The zero-order valence-corrected chi connectivity index (χ0v) is 21.5. The summed E-state index contributed by atoms with van der Waals surface area (Å²) in [6.07, 6.45) is 3.52. The van der Waals surface area contributed by atoms with Crippen LogP contribution in [0.25, 0.3) is 22.6 Å². The van der Waals surface area contributed by atoms with Crippen molar-refractivity contribution >= 4 is 33.7 Å². The number of pyridine rings is 1.